The standard InChI is InChI=1S/C15H21FN2O3S/c1-17-6-5-15(10-17)11-18(7-8-21-12-15)22(19,20)14-4-2-3-13(16)9-14/h2-4,9H,5-8,10-12H2,1H3/t15-/m0/s1. The van der Waals surface area contributed by atoms with Gasteiger partial charge in [-0.1, -0.05) is 6.07 Å². The lowest BCUT2D eigenvalue weighted by Gasteiger charge is -2.31. The molecule has 2 aliphatic rings. The third kappa shape index (κ3) is 3.03. The summed E-state index contributed by atoms with van der Waals surface area (Å²) in [4.78, 5) is 2.21. The molecule has 5 nitrogen and oxygen atoms in total. The minimum absolute atomic E-state index is 0.0101. The van der Waals surface area contributed by atoms with Crippen molar-refractivity contribution in [2.75, 3.05) is 46.4 Å². The van der Waals surface area contributed by atoms with Crippen LogP contribution in [0.5, 0.6) is 0 Å². The van der Waals surface area contributed by atoms with Gasteiger partial charge >= 0.3 is 0 Å². The average molecular weight is 328 g/mol. The number of nitrogens with zero attached hydrogens (tertiary/aromatic N) is 2. The molecule has 0 N–H and O–H groups in total. The van der Waals surface area contributed by atoms with Gasteiger partial charge in [0, 0.05) is 25.0 Å². The van der Waals surface area contributed by atoms with Gasteiger partial charge in [-0.05, 0) is 38.2 Å². The maximum Gasteiger partial charge on any atom is 0.243 e. The largest absolute Gasteiger partial charge is 0.379 e. The van der Waals surface area contributed by atoms with Crippen LogP contribution in [-0.4, -0.2) is 64.1 Å². The number of likely N-dealkylation sites (tertiary alicyclic amines) is 1. The number of halogens is 1. The third-order valence-corrected chi connectivity index (χ3v) is 6.31. The first-order chi connectivity index (χ1) is 10.4. The van der Waals surface area contributed by atoms with E-state index in [0.29, 0.717) is 26.3 Å². The summed E-state index contributed by atoms with van der Waals surface area (Å²) < 4.78 is 46.1. The zero-order valence-corrected chi connectivity index (χ0v) is 13.5. The van der Waals surface area contributed by atoms with Gasteiger partial charge in [0.25, 0.3) is 0 Å². The van der Waals surface area contributed by atoms with E-state index in [4.69, 9.17) is 4.74 Å². The van der Waals surface area contributed by atoms with E-state index in [1.165, 1.54) is 22.5 Å². The molecule has 1 atom stereocenters. The predicted octanol–water partition coefficient (Wildman–Crippen LogP) is 1.17. The summed E-state index contributed by atoms with van der Waals surface area (Å²) in [6, 6.07) is 5.19. The number of hydrogen-bond donors (Lipinski definition) is 0. The zero-order valence-electron chi connectivity index (χ0n) is 12.7. The maximum absolute atomic E-state index is 13.4. The molecule has 2 saturated heterocycles. The summed E-state index contributed by atoms with van der Waals surface area (Å²) >= 11 is 0. The number of ether oxygens (including phenoxy) is 1. The maximum atomic E-state index is 13.4. The van der Waals surface area contributed by atoms with Gasteiger partial charge in [-0.3, -0.25) is 0 Å². The zero-order chi connectivity index (χ0) is 15.8. The quantitative estimate of drug-likeness (QED) is 0.818. The normalized spacial score (nSPS) is 28.1. The first-order valence-corrected chi connectivity index (χ1v) is 8.87. The molecule has 0 radical (unpaired) electrons. The SMILES string of the molecule is CN1CC[C@]2(COCCN(S(=O)(=O)c3cccc(F)c3)C2)C1. The van der Waals surface area contributed by atoms with Crippen molar-refractivity contribution in [3.05, 3.63) is 30.1 Å². The average Bonchev–Trinajstić information content (AvgIpc) is 2.70. The van der Waals surface area contributed by atoms with Crippen LogP contribution in [0.3, 0.4) is 0 Å². The van der Waals surface area contributed by atoms with E-state index in [9.17, 15) is 12.8 Å². The smallest absolute Gasteiger partial charge is 0.243 e. The van der Waals surface area contributed by atoms with Crippen molar-refractivity contribution in [1.29, 1.82) is 0 Å². The van der Waals surface area contributed by atoms with E-state index in [0.717, 1.165) is 25.6 Å². The van der Waals surface area contributed by atoms with E-state index >= 15 is 0 Å². The van der Waals surface area contributed by atoms with Crippen molar-refractivity contribution in [2.45, 2.75) is 11.3 Å². The fraction of sp³-hybridized carbons (Fsp3) is 0.600. The van der Waals surface area contributed by atoms with Crippen LogP contribution in [-0.2, 0) is 14.8 Å². The molecular weight excluding hydrogens is 307 g/mol. The Morgan fingerprint density at radius 2 is 2.09 bits per heavy atom. The summed E-state index contributed by atoms with van der Waals surface area (Å²) in [5.41, 5.74) is -0.161. The van der Waals surface area contributed by atoms with Crippen molar-refractivity contribution in [3.63, 3.8) is 0 Å². The highest BCUT2D eigenvalue weighted by Crippen LogP contribution is 2.34. The van der Waals surface area contributed by atoms with Gasteiger partial charge in [0.05, 0.1) is 18.1 Å². The minimum atomic E-state index is -3.69. The van der Waals surface area contributed by atoms with Crippen LogP contribution in [0.1, 0.15) is 6.42 Å². The molecule has 1 aromatic rings. The molecule has 1 aromatic carbocycles. The molecule has 0 aliphatic carbocycles. The number of benzene rings is 1. The summed E-state index contributed by atoms with van der Waals surface area (Å²) in [5.74, 6) is -0.539. The fourth-order valence-electron chi connectivity index (χ4n) is 3.34. The third-order valence-electron chi connectivity index (χ3n) is 4.47. The van der Waals surface area contributed by atoms with Gasteiger partial charge in [-0.2, -0.15) is 4.31 Å². The lowest BCUT2D eigenvalue weighted by atomic mass is 9.88. The molecule has 122 valence electrons. The molecule has 0 saturated carbocycles. The molecule has 0 aromatic heterocycles. The lowest BCUT2D eigenvalue weighted by molar-refractivity contribution is 0.0744. The summed E-state index contributed by atoms with van der Waals surface area (Å²) in [6.07, 6.45) is 0.915. The van der Waals surface area contributed by atoms with E-state index in [1.807, 2.05) is 7.05 Å². The molecule has 0 unspecified atom stereocenters. The van der Waals surface area contributed by atoms with Crippen LogP contribution < -0.4 is 0 Å². The summed E-state index contributed by atoms with van der Waals surface area (Å²) in [5, 5.41) is 0. The molecule has 0 bridgehead atoms. The Kier molecular flexibility index (Phi) is 4.24. The topological polar surface area (TPSA) is 49.9 Å². The van der Waals surface area contributed by atoms with Crippen molar-refractivity contribution in [1.82, 2.24) is 9.21 Å². The highest BCUT2D eigenvalue weighted by molar-refractivity contribution is 7.89. The first-order valence-electron chi connectivity index (χ1n) is 7.43. The van der Waals surface area contributed by atoms with Crippen molar-refractivity contribution in [2.24, 2.45) is 5.41 Å². The molecule has 2 heterocycles. The Morgan fingerprint density at radius 1 is 1.27 bits per heavy atom. The van der Waals surface area contributed by atoms with Crippen molar-refractivity contribution in [3.8, 4) is 0 Å². The Hall–Kier alpha value is -1.02. The van der Waals surface area contributed by atoms with E-state index in [-0.39, 0.29) is 10.3 Å². The van der Waals surface area contributed by atoms with Crippen LogP contribution >= 0.6 is 0 Å². The van der Waals surface area contributed by atoms with Crippen LogP contribution in [0.25, 0.3) is 0 Å². The number of hydrogen-bond acceptors (Lipinski definition) is 4. The molecule has 3 rings (SSSR count). The monoisotopic (exact) mass is 328 g/mol. The molecule has 1 spiro atoms. The first kappa shape index (κ1) is 15.9. The second-order valence-electron chi connectivity index (χ2n) is 6.34. The molecule has 2 fully saturated rings. The molecule has 2 aliphatic heterocycles. The Labute approximate surface area is 130 Å². The Balaban J connectivity index is 1.89. The van der Waals surface area contributed by atoms with Crippen LogP contribution in [0, 0.1) is 11.2 Å². The highest BCUT2D eigenvalue weighted by Gasteiger charge is 2.42. The van der Waals surface area contributed by atoms with Crippen LogP contribution in [0.2, 0.25) is 0 Å². The van der Waals surface area contributed by atoms with Gasteiger partial charge in [0.2, 0.25) is 10.0 Å². The van der Waals surface area contributed by atoms with E-state index in [1.54, 1.807) is 0 Å². The summed E-state index contributed by atoms with van der Waals surface area (Å²) in [6.45, 7) is 3.45. The lowest BCUT2D eigenvalue weighted by Crippen LogP contribution is -2.43. The fourth-order valence-corrected chi connectivity index (χ4v) is 4.91. The van der Waals surface area contributed by atoms with Gasteiger partial charge < -0.3 is 9.64 Å². The summed E-state index contributed by atoms with van der Waals surface area (Å²) in [7, 11) is -1.66. The van der Waals surface area contributed by atoms with Gasteiger partial charge in [0.1, 0.15) is 5.82 Å². The number of rotatable bonds is 2. The second-order valence-corrected chi connectivity index (χ2v) is 8.27. The minimum Gasteiger partial charge on any atom is -0.379 e. The van der Waals surface area contributed by atoms with Crippen LogP contribution in [0.15, 0.2) is 29.2 Å². The molecule has 0 amide bonds. The second kappa shape index (κ2) is 5.88. The Bertz CT molecular complexity index is 652. The Morgan fingerprint density at radius 3 is 2.77 bits per heavy atom. The predicted molar refractivity (Wildman–Crippen MR) is 80.5 cm³/mol. The van der Waals surface area contributed by atoms with E-state index < -0.39 is 15.8 Å². The molecular formula is C15H21FN2O3S. The van der Waals surface area contributed by atoms with Gasteiger partial charge in [-0.25, -0.2) is 12.8 Å². The van der Waals surface area contributed by atoms with Gasteiger partial charge in [0.15, 0.2) is 0 Å². The van der Waals surface area contributed by atoms with Gasteiger partial charge in [-0.15, -0.1) is 0 Å². The number of sulfonamides is 1. The highest BCUT2D eigenvalue weighted by atomic mass is 32.2. The molecule has 22 heavy (non-hydrogen) atoms. The van der Waals surface area contributed by atoms with Crippen molar-refractivity contribution < 1.29 is 17.5 Å². The van der Waals surface area contributed by atoms with Crippen molar-refractivity contribution >= 4 is 10.0 Å². The van der Waals surface area contributed by atoms with Crippen LogP contribution in [0.4, 0.5) is 4.39 Å². The van der Waals surface area contributed by atoms with E-state index in [2.05, 4.69) is 4.90 Å². The molecule has 7 heteroatoms.